The molecule has 0 aromatic heterocycles. The fraction of sp³-hybridized carbons (Fsp3) is 0.714. The Morgan fingerprint density at radius 2 is 2.15 bits per heavy atom. The Balaban J connectivity index is 1.80. The molecule has 0 spiro atoms. The van der Waals surface area contributed by atoms with E-state index >= 15 is 0 Å². The number of ether oxygens (including phenoxy) is 1. The number of halogens is 1. The topological polar surface area (TPSA) is 52.9 Å². The van der Waals surface area contributed by atoms with E-state index in [1.54, 1.807) is 0 Å². The number of fused-ring (bicyclic) bond motifs is 3. The van der Waals surface area contributed by atoms with Gasteiger partial charge in [0, 0.05) is 31.1 Å². The average Bonchev–Trinajstić information content (AvgIpc) is 2.61. The first kappa shape index (κ1) is 19.6. The first-order chi connectivity index (χ1) is 12.5. The molecular formula is C21H32FNO3. The van der Waals surface area contributed by atoms with Gasteiger partial charge in [-0.3, -0.25) is 9.29 Å². The number of rotatable bonds is 7. The smallest absolute Gasteiger partial charge is 0.125 e. The maximum absolute atomic E-state index is 12.3. The van der Waals surface area contributed by atoms with Gasteiger partial charge in [0.05, 0.1) is 26.0 Å². The summed E-state index contributed by atoms with van der Waals surface area (Å²) in [4.78, 5) is 2.49. The van der Waals surface area contributed by atoms with Crippen LogP contribution in [0, 0.1) is 11.8 Å². The largest absolute Gasteiger partial charge is 0.493 e. The van der Waals surface area contributed by atoms with Crippen molar-refractivity contribution in [3.8, 4) is 5.75 Å². The van der Waals surface area contributed by atoms with Crippen LogP contribution in [0.3, 0.4) is 0 Å². The van der Waals surface area contributed by atoms with Gasteiger partial charge in [0.1, 0.15) is 5.75 Å². The van der Waals surface area contributed by atoms with Gasteiger partial charge < -0.3 is 14.9 Å². The third kappa shape index (κ3) is 4.21. The van der Waals surface area contributed by atoms with Crippen LogP contribution in [0.4, 0.5) is 4.39 Å². The van der Waals surface area contributed by atoms with Gasteiger partial charge in [-0.1, -0.05) is 13.8 Å². The second-order valence-corrected chi connectivity index (χ2v) is 8.16. The number of nitrogens with zero attached hydrogens (tertiary/aromatic N) is 1. The number of hydrogen-bond acceptors (Lipinski definition) is 4. The molecule has 1 aromatic carbocycles. The number of alkyl halides is 1. The lowest BCUT2D eigenvalue weighted by Gasteiger charge is -2.46. The zero-order chi connectivity index (χ0) is 18.7. The molecule has 2 aliphatic rings. The third-order valence-electron chi connectivity index (χ3n) is 5.75. The van der Waals surface area contributed by atoms with Gasteiger partial charge in [0.2, 0.25) is 0 Å². The molecule has 1 fully saturated rings. The Kier molecular flexibility index (Phi) is 6.54. The molecule has 1 saturated heterocycles. The van der Waals surface area contributed by atoms with E-state index in [9.17, 15) is 14.6 Å². The van der Waals surface area contributed by atoms with E-state index in [0.29, 0.717) is 30.6 Å². The average molecular weight is 365 g/mol. The highest BCUT2D eigenvalue weighted by molar-refractivity contribution is 5.45. The van der Waals surface area contributed by atoms with Gasteiger partial charge in [-0.05, 0) is 54.4 Å². The molecule has 0 saturated carbocycles. The predicted molar refractivity (Wildman–Crippen MR) is 100 cm³/mol. The van der Waals surface area contributed by atoms with E-state index in [1.165, 1.54) is 11.1 Å². The summed E-state index contributed by atoms with van der Waals surface area (Å²) in [5.74, 6) is 1.60. The maximum Gasteiger partial charge on any atom is 0.125 e. The molecule has 1 aromatic rings. The van der Waals surface area contributed by atoms with E-state index in [-0.39, 0.29) is 18.8 Å². The Bertz CT molecular complexity index is 607. The van der Waals surface area contributed by atoms with E-state index in [1.807, 2.05) is 12.1 Å². The summed E-state index contributed by atoms with van der Waals surface area (Å²) >= 11 is 0. The van der Waals surface area contributed by atoms with Crippen LogP contribution in [0.1, 0.15) is 55.8 Å². The number of hydrogen-bond donors (Lipinski definition) is 2. The molecule has 26 heavy (non-hydrogen) atoms. The summed E-state index contributed by atoms with van der Waals surface area (Å²) < 4.78 is 18.0. The predicted octanol–water partition coefficient (Wildman–Crippen LogP) is 3.24. The molecule has 0 amide bonds. The van der Waals surface area contributed by atoms with Crippen LogP contribution in [0.25, 0.3) is 0 Å². The van der Waals surface area contributed by atoms with Crippen molar-refractivity contribution in [2.75, 3.05) is 26.4 Å². The van der Waals surface area contributed by atoms with E-state index in [0.717, 1.165) is 37.9 Å². The van der Waals surface area contributed by atoms with Gasteiger partial charge >= 0.3 is 0 Å². The minimum atomic E-state index is -0.397. The fourth-order valence-electron chi connectivity index (χ4n) is 4.50. The molecule has 3 atom stereocenters. The van der Waals surface area contributed by atoms with Crippen molar-refractivity contribution in [3.63, 3.8) is 0 Å². The zero-order valence-corrected chi connectivity index (χ0v) is 16.0. The first-order valence-electron chi connectivity index (χ1n) is 9.90. The molecule has 2 heterocycles. The first-order valence-corrected chi connectivity index (χ1v) is 9.90. The highest BCUT2D eigenvalue weighted by Gasteiger charge is 2.38. The lowest BCUT2D eigenvalue weighted by molar-refractivity contribution is -0.0191. The summed E-state index contributed by atoms with van der Waals surface area (Å²) in [7, 11) is 0. The summed E-state index contributed by atoms with van der Waals surface area (Å²) in [5, 5.41) is 20.4. The minimum absolute atomic E-state index is 0.0938. The van der Waals surface area contributed by atoms with Crippen molar-refractivity contribution in [3.05, 3.63) is 28.8 Å². The molecule has 2 aliphatic heterocycles. The van der Waals surface area contributed by atoms with Gasteiger partial charge in [-0.15, -0.1) is 0 Å². The van der Waals surface area contributed by atoms with Crippen molar-refractivity contribution < 1.29 is 19.3 Å². The molecular weight excluding hydrogens is 333 g/mol. The fourth-order valence-corrected chi connectivity index (χ4v) is 4.50. The highest BCUT2D eigenvalue weighted by Crippen LogP contribution is 2.42. The molecule has 3 rings (SSSR count). The SMILES string of the molecule is CC(C)CC1CN2CCc3cc(OCCCF)c(CO)cc3C2CC1O. The van der Waals surface area contributed by atoms with Gasteiger partial charge in [0.25, 0.3) is 0 Å². The van der Waals surface area contributed by atoms with Gasteiger partial charge in [0.15, 0.2) is 0 Å². The van der Waals surface area contributed by atoms with Crippen LogP contribution in [0.15, 0.2) is 12.1 Å². The zero-order valence-electron chi connectivity index (χ0n) is 16.0. The maximum atomic E-state index is 12.3. The van der Waals surface area contributed by atoms with Gasteiger partial charge in [-0.2, -0.15) is 0 Å². The van der Waals surface area contributed by atoms with E-state index in [4.69, 9.17) is 4.74 Å². The van der Waals surface area contributed by atoms with E-state index < -0.39 is 6.67 Å². The molecule has 2 N–H and O–H groups in total. The summed E-state index contributed by atoms with van der Waals surface area (Å²) in [6.07, 6.45) is 2.84. The number of aliphatic hydroxyl groups excluding tert-OH is 2. The Labute approximate surface area is 156 Å². The van der Waals surface area contributed by atoms with Crippen LogP contribution in [-0.4, -0.2) is 47.6 Å². The normalized spacial score (nSPS) is 25.8. The molecule has 146 valence electrons. The number of aliphatic hydroxyl groups is 2. The lowest BCUT2D eigenvalue weighted by atomic mass is 9.79. The number of piperidine rings is 1. The second-order valence-electron chi connectivity index (χ2n) is 8.16. The quantitative estimate of drug-likeness (QED) is 0.729. The van der Waals surface area contributed by atoms with Crippen molar-refractivity contribution in [1.82, 2.24) is 4.90 Å². The minimum Gasteiger partial charge on any atom is -0.493 e. The Morgan fingerprint density at radius 3 is 2.85 bits per heavy atom. The van der Waals surface area contributed by atoms with Crippen LogP contribution >= 0.6 is 0 Å². The Hall–Kier alpha value is -1.17. The summed E-state index contributed by atoms with van der Waals surface area (Å²) in [6.45, 7) is 6.18. The molecule has 4 nitrogen and oxygen atoms in total. The lowest BCUT2D eigenvalue weighted by Crippen LogP contribution is -2.48. The standard InChI is InChI=1S/C21H32FNO3/c1-14(2)8-16-12-23-6-4-15-10-21(26-7-3-5-22)17(13-24)9-18(15)19(23)11-20(16)25/h9-10,14,16,19-20,24-25H,3-8,11-13H2,1-2H3. The van der Waals surface area contributed by atoms with Gasteiger partial charge in [-0.25, -0.2) is 0 Å². The molecule has 3 unspecified atom stereocenters. The number of benzene rings is 1. The van der Waals surface area contributed by atoms with Crippen LogP contribution < -0.4 is 4.74 Å². The van der Waals surface area contributed by atoms with Crippen LogP contribution in [0.5, 0.6) is 5.75 Å². The van der Waals surface area contributed by atoms with Crippen LogP contribution in [0.2, 0.25) is 0 Å². The van der Waals surface area contributed by atoms with Crippen LogP contribution in [-0.2, 0) is 13.0 Å². The van der Waals surface area contributed by atoms with Crippen molar-refractivity contribution >= 4 is 0 Å². The summed E-state index contributed by atoms with van der Waals surface area (Å²) in [6, 6.07) is 4.26. The molecule has 5 heteroatoms. The highest BCUT2D eigenvalue weighted by atomic mass is 19.1. The monoisotopic (exact) mass is 365 g/mol. The van der Waals surface area contributed by atoms with Crippen molar-refractivity contribution in [2.24, 2.45) is 11.8 Å². The van der Waals surface area contributed by atoms with E-state index in [2.05, 4.69) is 18.7 Å². The third-order valence-corrected chi connectivity index (χ3v) is 5.75. The second kappa shape index (κ2) is 8.68. The molecule has 0 bridgehead atoms. The Morgan fingerprint density at radius 1 is 1.35 bits per heavy atom. The van der Waals surface area contributed by atoms with Crippen molar-refractivity contribution in [2.45, 2.75) is 58.3 Å². The van der Waals surface area contributed by atoms with Crippen molar-refractivity contribution in [1.29, 1.82) is 0 Å². The molecule has 0 aliphatic carbocycles. The summed E-state index contributed by atoms with van der Waals surface area (Å²) in [5.41, 5.74) is 3.19. The molecule has 0 radical (unpaired) electrons.